The lowest BCUT2D eigenvalue weighted by Crippen LogP contribution is -2.13. The summed E-state index contributed by atoms with van der Waals surface area (Å²) in [7, 11) is 1.58. The van der Waals surface area contributed by atoms with Crippen molar-refractivity contribution in [2.75, 3.05) is 7.11 Å². The molecule has 2 N–H and O–H groups in total. The third-order valence-electron chi connectivity index (χ3n) is 1.91. The van der Waals surface area contributed by atoms with E-state index < -0.39 is 12.2 Å². The highest BCUT2D eigenvalue weighted by molar-refractivity contribution is 5.28. The molecule has 0 saturated carbocycles. The van der Waals surface area contributed by atoms with Gasteiger partial charge in [-0.1, -0.05) is 12.1 Å². The van der Waals surface area contributed by atoms with Gasteiger partial charge in [0.25, 0.3) is 0 Å². The monoisotopic (exact) mass is 182 g/mol. The van der Waals surface area contributed by atoms with E-state index in [0.29, 0.717) is 5.56 Å². The quantitative estimate of drug-likeness (QED) is 0.736. The highest BCUT2D eigenvalue weighted by Gasteiger charge is 2.12. The summed E-state index contributed by atoms with van der Waals surface area (Å²) in [5.41, 5.74) is 0.691. The van der Waals surface area contributed by atoms with Crippen LogP contribution >= 0.6 is 0 Å². The predicted octanol–water partition coefficient (Wildman–Crippen LogP) is 1.11. The first kappa shape index (κ1) is 10.0. The lowest BCUT2D eigenvalue weighted by molar-refractivity contribution is 0.0305. The van der Waals surface area contributed by atoms with Crippen molar-refractivity contribution in [1.29, 1.82) is 0 Å². The van der Waals surface area contributed by atoms with Crippen LogP contribution in [0.25, 0.3) is 0 Å². The second kappa shape index (κ2) is 4.25. The minimum absolute atomic E-state index is 0.691. The Bertz CT molecular complexity index is 253. The maximum absolute atomic E-state index is 9.47. The molecule has 1 unspecified atom stereocenters. The van der Waals surface area contributed by atoms with Gasteiger partial charge in [0.2, 0.25) is 0 Å². The summed E-state index contributed by atoms with van der Waals surface area (Å²) >= 11 is 0. The first-order valence-electron chi connectivity index (χ1n) is 4.15. The van der Waals surface area contributed by atoms with Crippen LogP contribution in [0.4, 0.5) is 0 Å². The van der Waals surface area contributed by atoms with E-state index >= 15 is 0 Å². The largest absolute Gasteiger partial charge is 0.497 e. The lowest BCUT2D eigenvalue weighted by atomic mass is 10.1. The van der Waals surface area contributed by atoms with E-state index in [0.717, 1.165) is 5.75 Å². The molecule has 0 radical (unpaired) electrons. The number of aliphatic hydroxyl groups excluding tert-OH is 2. The molecular formula is C10H14O3. The van der Waals surface area contributed by atoms with Crippen molar-refractivity contribution in [1.82, 2.24) is 0 Å². The molecule has 1 aromatic carbocycles. The van der Waals surface area contributed by atoms with Gasteiger partial charge < -0.3 is 14.9 Å². The van der Waals surface area contributed by atoms with Crippen LogP contribution in [0, 0.1) is 0 Å². The van der Waals surface area contributed by atoms with Crippen molar-refractivity contribution in [3.05, 3.63) is 29.8 Å². The average molecular weight is 182 g/mol. The Morgan fingerprint density at radius 3 is 2.08 bits per heavy atom. The van der Waals surface area contributed by atoms with Crippen molar-refractivity contribution >= 4 is 0 Å². The van der Waals surface area contributed by atoms with E-state index in [4.69, 9.17) is 9.84 Å². The van der Waals surface area contributed by atoms with Crippen LogP contribution in [-0.4, -0.2) is 23.4 Å². The third kappa shape index (κ3) is 2.44. The summed E-state index contributed by atoms with van der Waals surface area (Å²) in [6.07, 6.45) is -1.58. The summed E-state index contributed by atoms with van der Waals surface area (Å²) in [6.45, 7) is 1.55. The smallest absolute Gasteiger partial charge is 0.118 e. The van der Waals surface area contributed by atoms with Crippen LogP contribution in [0.2, 0.25) is 0 Å². The molecule has 0 bridgehead atoms. The van der Waals surface area contributed by atoms with Gasteiger partial charge in [-0.15, -0.1) is 0 Å². The lowest BCUT2D eigenvalue weighted by Gasteiger charge is -2.13. The van der Waals surface area contributed by atoms with Crippen LogP contribution in [0.5, 0.6) is 5.75 Å². The summed E-state index contributed by atoms with van der Waals surface area (Å²) < 4.78 is 4.97. The molecule has 0 heterocycles. The molecule has 0 spiro atoms. The normalized spacial score (nSPS) is 15.1. The molecule has 0 aliphatic carbocycles. The van der Waals surface area contributed by atoms with Crippen molar-refractivity contribution < 1.29 is 14.9 Å². The van der Waals surface area contributed by atoms with Gasteiger partial charge in [0, 0.05) is 0 Å². The van der Waals surface area contributed by atoms with E-state index in [1.165, 1.54) is 0 Å². The summed E-state index contributed by atoms with van der Waals surface area (Å²) in [4.78, 5) is 0. The molecule has 13 heavy (non-hydrogen) atoms. The van der Waals surface area contributed by atoms with Gasteiger partial charge >= 0.3 is 0 Å². The minimum Gasteiger partial charge on any atom is -0.497 e. The maximum atomic E-state index is 9.47. The molecule has 72 valence electrons. The maximum Gasteiger partial charge on any atom is 0.118 e. The molecule has 1 aromatic rings. The van der Waals surface area contributed by atoms with Crippen molar-refractivity contribution in [3.8, 4) is 5.75 Å². The fourth-order valence-corrected chi connectivity index (χ4v) is 1.08. The summed E-state index contributed by atoms with van der Waals surface area (Å²) in [6, 6.07) is 6.97. The fraction of sp³-hybridized carbons (Fsp3) is 0.400. The van der Waals surface area contributed by atoms with E-state index in [9.17, 15) is 5.11 Å². The zero-order valence-corrected chi connectivity index (χ0v) is 7.77. The Balaban J connectivity index is 2.79. The minimum atomic E-state index is -0.828. The van der Waals surface area contributed by atoms with Crippen LogP contribution in [0.3, 0.4) is 0 Å². The Hall–Kier alpha value is -1.06. The molecule has 3 nitrogen and oxygen atoms in total. The Labute approximate surface area is 77.6 Å². The fourth-order valence-electron chi connectivity index (χ4n) is 1.08. The SMILES string of the molecule is COc1ccc([C@@H](O)C(C)O)cc1. The standard InChI is InChI=1S/C10H14O3/c1-7(11)10(12)8-3-5-9(13-2)6-4-8/h3-7,10-12H,1-2H3/t7?,10-/m0/s1. The molecule has 3 heteroatoms. The van der Waals surface area contributed by atoms with Gasteiger partial charge in [0.15, 0.2) is 0 Å². The van der Waals surface area contributed by atoms with Crippen LogP contribution in [0.1, 0.15) is 18.6 Å². The Kier molecular flexibility index (Phi) is 3.28. The van der Waals surface area contributed by atoms with Crippen LogP contribution in [-0.2, 0) is 0 Å². The van der Waals surface area contributed by atoms with Gasteiger partial charge in [0.1, 0.15) is 11.9 Å². The zero-order chi connectivity index (χ0) is 9.84. The molecule has 0 aliphatic rings. The molecule has 0 amide bonds. The van der Waals surface area contributed by atoms with E-state index in [2.05, 4.69) is 0 Å². The van der Waals surface area contributed by atoms with Crippen LogP contribution in [0.15, 0.2) is 24.3 Å². The average Bonchev–Trinajstić information content (AvgIpc) is 2.17. The number of rotatable bonds is 3. The molecule has 0 fully saturated rings. The first-order valence-corrected chi connectivity index (χ1v) is 4.15. The highest BCUT2D eigenvalue weighted by atomic mass is 16.5. The van der Waals surface area contributed by atoms with Gasteiger partial charge in [-0.2, -0.15) is 0 Å². The highest BCUT2D eigenvalue weighted by Crippen LogP contribution is 2.19. The molecule has 0 aliphatic heterocycles. The topological polar surface area (TPSA) is 49.7 Å². The van der Waals surface area contributed by atoms with E-state index in [1.807, 2.05) is 0 Å². The van der Waals surface area contributed by atoms with Gasteiger partial charge in [-0.05, 0) is 24.6 Å². The van der Waals surface area contributed by atoms with Crippen LogP contribution < -0.4 is 4.74 Å². The first-order chi connectivity index (χ1) is 6.15. The molecular weight excluding hydrogens is 168 g/mol. The molecule has 0 aromatic heterocycles. The van der Waals surface area contributed by atoms with Gasteiger partial charge in [-0.25, -0.2) is 0 Å². The third-order valence-corrected chi connectivity index (χ3v) is 1.91. The Morgan fingerprint density at radius 2 is 1.69 bits per heavy atom. The summed E-state index contributed by atoms with van der Waals surface area (Å²) in [5, 5.41) is 18.6. The zero-order valence-electron chi connectivity index (χ0n) is 7.77. The number of ether oxygens (including phenoxy) is 1. The molecule has 2 atom stereocenters. The van der Waals surface area contributed by atoms with E-state index in [-0.39, 0.29) is 0 Å². The predicted molar refractivity (Wildman–Crippen MR) is 49.6 cm³/mol. The number of methoxy groups -OCH3 is 1. The number of hydrogen-bond acceptors (Lipinski definition) is 3. The van der Waals surface area contributed by atoms with E-state index in [1.54, 1.807) is 38.3 Å². The Morgan fingerprint density at radius 1 is 1.15 bits per heavy atom. The van der Waals surface area contributed by atoms with Crippen molar-refractivity contribution in [2.24, 2.45) is 0 Å². The summed E-state index contributed by atoms with van der Waals surface area (Å²) in [5.74, 6) is 0.738. The van der Waals surface area contributed by atoms with Gasteiger partial charge in [-0.3, -0.25) is 0 Å². The number of aliphatic hydroxyl groups is 2. The molecule has 0 saturated heterocycles. The second-order valence-electron chi connectivity index (χ2n) is 2.96. The van der Waals surface area contributed by atoms with Gasteiger partial charge in [0.05, 0.1) is 13.2 Å². The van der Waals surface area contributed by atoms with Crippen molar-refractivity contribution in [3.63, 3.8) is 0 Å². The van der Waals surface area contributed by atoms with Crippen molar-refractivity contribution in [2.45, 2.75) is 19.1 Å². The number of benzene rings is 1. The number of hydrogen-bond donors (Lipinski definition) is 2. The molecule has 1 rings (SSSR count). The second-order valence-corrected chi connectivity index (χ2v) is 2.96.